The van der Waals surface area contributed by atoms with Crippen LogP contribution >= 0.6 is 11.3 Å². The van der Waals surface area contributed by atoms with Crippen molar-refractivity contribution in [3.8, 4) is 5.75 Å². The molecule has 0 aliphatic heterocycles. The summed E-state index contributed by atoms with van der Waals surface area (Å²) in [4.78, 5) is 4.63. The minimum absolute atomic E-state index is 0.772. The maximum absolute atomic E-state index is 5.97. The third kappa shape index (κ3) is 2.39. The van der Waals surface area contributed by atoms with Gasteiger partial charge < -0.3 is 10.5 Å². The molecule has 0 fully saturated rings. The molecule has 0 atom stereocenters. The van der Waals surface area contributed by atoms with Crippen molar-refractivity contribution in [2.45, 2.75) is 6.42 Å². The molecule has 0 amide bonds. The highest BCUT2D eigenvalue weighted by molar-refractivity contribution is 7.18. The number of rotatable bonds is 3. The average molecular weight is 270 g/mol. The topological polar surface area (TPSA) is 48.1 Å². The zero-order valence-corrected chi connectivity index (χ0v) is 11.4. The Morgan fingerprint density at radius 1 is 1.21 bits per heavy atom. The molecule has 0 unspecified atom stereocenters. The second kappa shape index (κ2) is 4.90. The van der Waals surface area contributed by atoms with Crippen molar-refractivity contribution in [3.63, 3.8) is 0 Å². The number of nitrogens with zero attached hydrogens (tertiary/aromatic N) is 1. The van der Waals surface area contributed by atoms with E-state index in [9.17, 15) is 0 Å². The van der Waals surface area contributed by atoms with Crippen LogP contribution in [0, 0.1) is 0 Å². The van der Waals surface area contributed by atoms with E-state index in [4.69, 9.17) is 10.5 Å². The normalized spacial score (nSPS) is 10.8. The molecular formula is C15H14N2OS. The summed E-state index contributed by atoms with van der Waals surface area (Å²) in [5.41, 5.74) is 8.91. The molecule has 0 aliphatic rings. The van der Waals surface area contributed by atoms with Gasteiger partial charge in [0.05, 0.1) is 22.3 Å². The second-order valence-corrected chi connectivity index (χ2v) is 5.43. The lowest BCUT2D eigenvalue weighted by atomic mass is 10.1. The second-order valence-electron chi connectivity index (χ2n) is 4.32. The number of para-hydroxylation sites is 1. The van der Waals surface area contributed by atoms with E-state index < -0.39 is 0 Å². The smallest absolute Gasteiger partial charge is 0.120 e. The van der Waals surface area contributed by atoms with E-state index in [2.05, 4.69) is 4.98 Å². The predicted molar refractivity (Wildman–Crippen MR) is 79.8 cm³/mol. The summed E-state index contributed by atoms with van der Waals surface area (Å²) in [5, 5.41) is 1.07. The molecule has 0 bridgehead atoms. The molecule has 2 N–H and O–H groups in total. The lowest BCUT2D eigenvalue weighted by Crippen LogP contribution is -1.94. The molecule has 0 spiro atoms. The molecule has 4 heteroatoms. The summed E-state index contributed by atoms with van der Waals surface area (Å²) in [6.45, 7) is 0. The van der Waals surface area contributed by atoms with E-state index in [0.29, 0.717) is 0 Å². The van der Waals surface area contributed by atoms with Crippen molar-refractivity contribution in [3.05, 3.63) is 53.0 Å². The van der Waals surface area contributed by atoms with Crippen LogP contribution in [0.5, 0.6) is 5.75 Å². The third-order valence-corrected chi connectivity index (χ3v) is 4.05. The molecule has 2 aromatic carbocycles. The molecule has 96 valence electrons. The first kappa shape index (κ1) is 12.0. The fourth-order valence-corrected chi connectivity index (χ4v) is 3.03. The molecule has 3 aromatic rings. The number of benzene rings is 2. The van der Waals surface area contributed by atoms with E-state index in [-0.39, 0.29) is 0 Å². The van der Waals surface area contributed by atoms with Crippen LogP contribution in [-0.4, -0.2) is 12.1 Å². The van der Waals surface area contributed by atoms with E-state index in [1.807, 2.05) is 42.5 Å². The van der Waals surface area contributed by atoms with Gasteiger partial charge in [-0.25, -0.2) is 4.98 Å². The quantitative estimate of drug-likeness (QED) is 0.741. The monoisotopic (exact) mass is 270 g/mol. The first-order chi connectivity index (χ1) is 9.26. The Bertz CT molecular complexity index is 721. The third-order valence-electron chi connectivity index (χ3n) is 3.04. The molecule has 19 heavy (non-hydrogen) atoms. The van der Waals surface area contributed by atoms with Crippen LogP contribution in [0.3, 0.4) is 0 Å². The van der Waals surface area contributed by atoms with Gasteiger partial charge in [0.15, 0.2) is 0 Å². The van der Waals surface area contributed by atoms with Crippen molar-refractivity contribution >= 4 is 27.2 Å². The Labute approximate surface area is 115 Å². The van der Waals surface area contributed by atoms with Crippen LogP contribution in [0.4, 0.5) is 5.69 Å². The van der Waals surface area contributed by atoms with E-state index >= 15 is 0 Å². The minimum Gasteiger partial charge on any atom is -0.497 e. The van der Waals surface area contributed by atoms with E-state index in [1.165, 1.54) is 0 Å². The van der Waals surface area contributed by atoms with Crippen molar-refractivity contribution in [2.24, 2.45) is 0 Å². The molecule has 3 rings (SSSR count). The minimum atomic E-state index is 0.772. The lowest BCUT2D eigenvalue weighted by molar-refractivity contribution is 0.415. The Morgan fingerprint density at radius 3 is 2.84 bits per heavy atom. The number of methoxy groups -OCH3 is 1. The van der Waals surface area contributed by atoms with Gasteiger partial charge >= 0.3 is 0 Å². The van der Waals surface area contributed by atoms with Gasteiger partial charge in [-0.1, -0.05) is 18.2 Å². The molecule has 0 aliphatic carbocycles. The van der Waals surface area contributed by atoms with Crippen LogP contribution in [-0.2, 0) is 6.42 Å². The van der Waals surface area contributed by atoms with Gasteiger partial charge in [0.1, 0.15) is 5.75 Å². The van der Waals surface area contributed by atoms with Gasteiger partial charge in [-0.3, -0.25) is 0 Å². The fraction of sp³-hybridized carbons (Fsp3) is 0.133. The zero-order chi connectivity index (χ0) is 13.2. The van der Waals surface area contributed by atoms with E-state index in [0.717, 1.165) is 38.6 Å². The van der Waals surface area contributed by atoms with Crippen molar-refractivity contribution < 1.29 is 4.74 Å². The van der Waals surface area contributed by atoms with Gasteiger partial charge in [0, 0.05) is 12.1 Å². The molecule has 0 saturated heterocycles. The Balaban J connectivity index is 1.95. The summed E-state index contributed by atoms with van der Waals surface area (Å²) in [5.74, 6) is 0.863. The molecule has 0 saturated carbocycles. The maximum atomic E-state index is 5.97. The number of hydrogen-bond acceptors (Lipinski definition) is 4. The molecule has 1 aromatic heterocycles. The summed E-state index contributed by atoms with van der Waals surface area (Å²) in [6, 6.07) is 13.9. The highest BCUT2D eigenvalue weighted by Crippen LogP contribution is 2.28. The first-order valence-electron chi connectivity index (χ1n) is 6.03. The van der Waals surface area contributed by atoms with Gasteiger partial charge in [-0.15, -0.1) is 11.3 Å². The number of ether oxygens (including phenoxy) is 1. The van der Waals surface area contributed by atoms with Crippen LogP contribution in [0.1, 0.15) is 10.6 Å². The molecule has 1 heterocycles. The highest BCUT2D eigenvalue weighted by atomic mass is 32.1. The van der Waals surface area contributed by atoms with Crippen molar-refractivity contribution in [1.29, 1.82) is 0 Å². The molecule has 0 radical (unpaired) electrons. The number of hydrogen-bond donors (Lipinski definition) is 1. The van der Waals surface area contributed by atoms with Gasteiger partial charge in [0.2, 0.25) is 0 Å². The van der Waals surface area contributed by atoms with Crippen molar-refractivity contribution in [1.82, 2.24) is 4.98 Å². The first-order valence-corrected chi connectivity index (χ1v) is 6.85. The number of anilines is 1. The zero-order valence-electron chi connectivity index (χ0n) is 10.6. The maximum Gasteiger partial charge on any atom is 0.120 e. The van der Waals surface area contributed by atoms with E-state index in [1.54, 1.807) is 18.4 Å². The van der Waals surface area contributed by atoms with Crippen LogP contribution in [0.15, 0.2) is 42.5 Å². The Morgan fingerprint density at radius 2 is 2.05 bits per heavy atom. The van der Waals surface area contributed by atoms with Crippen molar-refractivity contribution in [2.75, 3.05) is 12.8 Å². The highest BCUT2D eigenvalue weighted by Gasteiger charge is 2.07. The van der Waals surface area contributed by atoms with Gasteiger partial charge in [0.25, 0.3) is 0 Å². The average Bonchev–Trinajstić information content (AvgIpc) is 2.82. The lowest BCUT2D eigenvalue weighted by Gasteiger charge is -2.01. The van der Waals surface area contributed by atoms with Crippen LogP contribution < -0.4 is 10.5 Å². The summed E-state index contributed by atoms with van der Waals surface area (Å²) < 4.78 is 6.37. The Hall–Kier alpha value is -2.07. The largest absolute Gasteiger partial charge is 0.497 e. The molecular weight excluding hydrogens is 256 g/mol. The number of nitrogens with two attached hydrogens (primary N) is 1. The number of thiazole rings is 1. The Kier molecular flexibility index (Phi) is 3.09. The fourth-order valence-electron chi connectivity index (χ4n) is 2.01. The predicted octanol–water partition coefficient (Wildman–Crippen LogP) is 3.48. The summed E-state index contributed by atoms with van der Waals surface area (Å²) >= 11 is 1.68. The SMILES string of the molecule is COc1ccc2nc(Cc3ccccc3N)sc2c1. The number of fused-ring (bicyclic) bond motifs is 1. The van der Waals surface area contributed by atoms with Crippen LogP contribution in [0.2, 0.25) is 0 Å². The van der Waals surface area contributed by atoms with Gasteiger partial charge in [-0.2, -0.15) is 0 Å². The number of nitrogen functional groups attached to an aromatic ring is 1. The summed E-state index contributed by atoms with van der Waals surface area (Å²) in [6.07, 6.45) is 0.772. The number of aromatic nitrogens is 1. The standard InChI is InChI=1S/C15H14N2OS/c1-18-11-6-7-13-14(9-11)19-15(17-13)8-10-4-2-3-5-12(10)16/h2-7,9H,8,16H2,1H3. The molecule has 3 nitrogen and oxygen atoms in total. The van der Waals surface area contributed by atoms with Gasteiger partial charge in [-0.05, 0) is 29.8 Å². The summed E-state index contributed by atoms with van der Waals surface area (Å²) in [7, 11) is 1.67. The van der Waals surface area contributed by atoms with Crippen LogP contribution in [0.25, 0.3) is 10.2 Å².